The summed E-state index contributed by atoms with van der Waals surface area (Å²) in [5.41, 5.74) is 4.43. The Morgan fingerprint density at radius 3 is 2.56 bits per heavy atom. The molecule has 1 fully saturated rings. The molecule has 8 heteroatoms. The van der Waals surface area contributed by atoms with Crippen molar-refractivity contribution in [3.05, 3.63) is 53.3 Å². The first kappa shape index (κ1) is 22.5. The third-order valence-electron chi connectivity index (χ3n) is 6.14. The largest absolute Gasteiger partial charge is 0.331 e. The number of fused-ring (bicyclic) bond motifs is 1. The summed E-state index contributed by atoms with van der Waals surface area (Å²) in [5.74, 6) is 0.683. The minimum Gasteiger partial charge on any atom is -0.331 e. The van der Waals surface area contributed by atoms with Gasteiger partial charge in [-0.3, -0.25) is 4.79 Å². The lowest BCUT2D eigenvalue weighted by Gasteiger charge is -2.25. The van der Waals surface area contributed by atoms with Crippen LogP contribution in [0.3, 0.4) is 0 Å². The van der Waals surface area contributed by atoms with E-state index in [0.29, 0.717) is 31.4 Å². The van der Waals surface area contributed by atoms with Gasteiger partial charge in [-0.15, -0.1) is 0 Å². The smallest absolute Gasteiger partial charge is 0.243 e. The molecule has 1 N–H and O–H groups in total. The van der Waals surface area contributed by atoms with Crippen molar-refractivity contribution in [2.75, 3.05) is 18.4 Å². The summed E-state index contributed by atoms with van der Waals surface area (Å²) in [4.78, 5) is 17.4. The van der Waals surface area contributed by atoms with Crippen molar-refractivity contribution in [1.29, 1.82) is 0 Å². The van der Waals surface area contributed by atoms with Gasteiger partial charge in [0.1, 0.15) is 5.82 Å². The number of nitrogens with one attached hydrogen (secondary N) is 1. The first-order chi connectivity index (χ1) is 15.3. The van der Waals surface area contributed by atoms with Crippen LogP contribution >= 0.6 is 0 Å². The second-order valence-electron chi connectivity index (χ2n) is 8.57. The van der Waals surface area contributed by atoms with Crippen molar-refractivity contribution in [3.63, 3.8) is 0 Å². The maximum absolute atomic E-state index is 13.0. The number of piperidine rings is 1. The minimum atomic E-state index is -3.51. The van der Waals surface area contributed by atoms with Gasteiger partial charge in [0.05, 0.1) is 15.9 Å². The van der Waals surface area contributed by atoms with Crippen LogP contribution in [0.25, 0.3) is 11.0 Å². The molecule has 3 aromatic rings. The van der Waals surface area contributed by atoms with Gasteiger partial charge in [0.15, 0.2) is 0 Å². The van der Waals surface area contributed by atoms with Crippen LogP contribution in [0.5, 0.6) is 0 Å². The van der Waals surface area contributed by atoms with Crippen LogP contribution in [0.15, 0.2) is 41.3 Å². The zero-order valence-corrected chi connectivity index (χ0v) is 19.7. The number of carbonyl (C=O) groups excluding carboxylic acids is 1. The van der Waals surface area contributed by atoms with Crippen LogP contribution in [0, 0.1) is 13.8 Å². The fraction of sp³-hybridized carbons (Fsp3) is 0.417. The molecule has 0 aliphatic carbocycles. The zero-order chi connectivity index (χ0) is 22.9. The van der Waals surface area contributed by atoms with Gasteiger partial charge >= 0.3 is 0 Å². The summed E-state index contributed by atoms with van der Waals surface area (Å²) in [6.45, 7) is 5.11. The number of rotatable bonds is 6. The first-order valence-electron chi connectivity index (χ1n) is 11.1. The van der Waals surface area contributed by atoms with Crippen molar-refractivity contribution >= 4 is 32.7 Å². The van der Waals surface area contributed by atoms with Crippen LogP contribution in [-0.2, 0) is 28.3 Å². The fourth-order valence-corrected chi connectivity index (χ4v) is 5.71. The molecular formula is C24H30N4O3S. The Hall–Kier alpha value is -2.71. The number of hydrogen-bond acceptors (Lipinski definition) is 4. The minimum absolute atomic E-state index is 0.0703. The van der Waals surface area contributed by atoms with Crippen molar-refractivity contribution in [3.8, 4) is 0 Å². The Balaban J connectivity index is 1.49. The number of nitrogens with zero attached hydrogens (tertiary/aromatic N) is 3. The third kappa shape index (κ3) is 4.56. The molecule has 0 bridgehead atoms. The molecule has 170 valence electrons. The number of carbonyl (C=O) groups is 1. The Kier molecular flexibility index (Phi) is 6.35. The monoisotopic (exact) mass is 454 g/mol. The Morgan fingerprint density at radius 1 is 1.06 bits per heavy atom. The van der Waals surface area contributed by atoms with Gasteiger partial charge in [-0.2, -0.15) is 4.31 Å². The number of aryl methyl sites for hydroxylation is 4. The SMILES string of the molecule is Cc1ccc(C)c(NC(=O)CCc2nc3cc(S(=O)(=O)N4CCCCC4)ccc3n2C)c1. The topological polar surface area (TPSA) is 84.3 Å². The van der Waals surface area contributed by atoms with E-state index in [4.69, 9.17) is 0 Å². The average Bonchev–Trinajstić information content (AvgIpc) is 3.10. The lowest BCUT2D eigenvalue weighted by molar-refractivity contribution is -0.116. The van der Waals surface area contributed by atoms with E-state index in [2.05, 4.69) is 10.3 Å². The molecule has 0 spiro atoms. The summed E-state index contributed by atoms with van der Waals surface area (Å²) in [7, 11) is -1.61. The molecule has 0 saturated carbocycles. The van der Waals surface area contributed by atoms with Gasteiger partial charge in [0, 0.05) is 38.7 Å². The molecule has 0 radical (unpaired) electrons. The van der Waals surface area contributed by atoms with Gasteiger partial charge in [0.25, 0.3) is 0 Å². The van der Waals surface area contributed by atoms with Crippen LogP contribution in [-0.4, -0.2) is 41.3 Å². The van der Waals surface area contributed by atoms with Crippen LogP contribution in [0.1, 0.15) is 42.6 Å². The molecule has 0 atom stereocenters. The van der Waals surface area contributed by atoms with Gasteiger partial charge in [-0.05, 0) is 62.1 Å². The van der Waals surface area contributed by atoms with Crippen LogP contribution in [0.2, 0.25) is 0 Å². The predicted octanol–water partition coefficient (Wildman–Crippen LogP) is 3.94. The number of anilines is 1. The van der Waals surface area contributed by atoms with E-state index < -0.39 is 10.0 Å². The highest BCUT2D eigenvalue weighted by molar-refractivity contribution is 7.89. The normalized spacial score (nSPS) is 15.2. The number of imidazole rings is 1. The van der Waals surface area contributed by atoms with Crippen LogP contribution < -0.4 is 5.32 Å². The standard InChI is InChI=1S/C24H30N4O3S/c1-17-7-8-18(2)20(15-17)26-24(29)12-11-23-25-21-16-19(9-10-22(21)27(23)3)32(30,31)28-13-5-4-6-14-28/h7-10,15-16H,4-6,11-14H2,1-3H3,(H,26,29). The van der Waals surface area contributed by atoms with Crippen molar-refractivity contribution in [2.45, 2.75) is 50.8 Å². The highest BCUT2D eigenvalue weighted by atomic mass is 32.2. The molecule has 7 nitrogen and oxygen atoms in total. The Morgan fingerprint density at radius 2 is 1.81 bits per heavy atom. The number of benzene rings is 2. The van der Waals surface area contributed by atoms with Crippen LogP contribution in [0.4, 0.5) is 5.69 Å². The van der Waals surface area contributed by atoms with E-state index in [0.717, 1.165) is 47.4 Å². The van der Waals surface area contributed by atoms with Gasteiger partial charge < -0.3 is 9.88 Å². The van der Waals surface area contributed by atoms with E-state index in [9.17, 15) is 13.2 Å². The van der Waals surface area contributed by atoms with Gasteiger partial charge in [0.2, 0.25) is 15.9 Å². The second kappa shape index (κ2) is 9.03. The van der Waals surface area contributed by atoms with E-state index in [1.54, 1.807) is 22.5 Å². The number of aromatic nitrogens is 2. The maximum atomic E-state index is 13.0. The van der Waals surface area contributed by atoms with E-state index in [1.165, 1.54) is 0 Å². The zero-order valence-electron chi connectivity index (χ0n) is 18.9. The molecule has 32 heavy (non-hydrogen) atoms. The first-order valence-corrected chi connectivity index (χ1v) is 12.5. The molecule has 2 heterocycles. The quantitative estimate of drug-likeness (QED) is 0.612. The van der Waals surface area contributed by atoms with Gasteiger partial charge in [-0.1, -0.05) is 18.6 Å². The highest BCUT2D eigenvalue weighted by Crippen LogP contribution is 2.25. The lowest BCUT2D eigenvalue weighted by Crippen LogP contribution is -2.35. The molecule has 2 aromatic carbocycles. The average molecular weight is 455 g/mol. The molecule has 0 unspecified atom stereocenters. The highest BCUT2D eigenvalue weighted by Gasteiger charge is 2.26. The number of hydrogen-bond donors (Lipinski definition) is 1. The van der Waals surface area contributed by atoms with Crippen molar-refractivity contribution in [1.82, 2.24) is 13.9 Å². The third-order valence-corrected chi connectivity index (χ3v) is 8.04. The maximum Gasteiger partial charge on any atom is 0.243 e. The molecule has 1 aliphatic heterocycles. The predicted molar refractivity (Wildman–Crippen MR) is 126 cm³/mol. The van der Waals surface area contributed by atoms with Gasteiger partial charge in [-0.25, -0.2) is 13.4 Å². The summed E-state index contributed by atoms with van der Waals surface area (Å²) in [6, 6.07) is 11.1. The number of amides is 1. The molecule has 1 aliphatic rings. The van der Waals surface area contributed by atoms with E-state index in [1.807, 2.05) is 43.7 Å². The molecule has 1 saturated heterocycles. The summed E-state index contributed by atoms with van der Waals surface area (Å²) in [5, 5.41) is 2.98. The van der Waals surface area contributed by atoms with Crippen molar-refractivity contribution in [2.24, 2.45) is 7.05 Å². The number of sulfonamides is 1. The van der Waals surface area contributed by atoms with E-state index >= 15 is 0 Å². The second-order valence-corrected chi connectivity index (χ2v) is 10.5. The summed E-state index contributed by atoms with van der Waals surface area (Å²) >= 11 is 0. The Bertz CT molecular complexity index is 1260. The Labute approximate surface area is 189 Å². The van der Waals surface area contributed by atoms with E-state index in [-0.39, 0.29) is 10.8 Å². The lowest BCUT2D eigenvalue weighted by atomic mass is 10.1. The molecular weight excluding hydrogens is 424 g/mol. The molecule has 4 rings (SSSR count). The fourth-order valence-electron chi connectivity index (χ4n) is 4.18. The molecule has 1 amide bonds. The molecule has 1 aromatic heterocycles. The summed E-state index contributed by atoms with van der Waals surface area (Å²) in [6.07, 6.45) is 3.64. The van der Waals surface area contributed by atoms with Crippen molar-refractivity contribution < 1.29 is 13.2 Å². The summed E-state index contributed by atoms with van der Waals surface area (Å²) < 4.78 is 29.5.